The van der Waals surface area contributed by atoms with Crippen LogP contribution in [0.4, 0.5) is 0 Å². The summed E-state index contributed by atoms with van der Waals surface area (Å²) in [7, 11) is 0. The lowest BCUT2D eigenvalue weighted by Crippen LogP contribution is -2.32. The largest absolute Gasteiger partial charge is 0.507 e. The van der Waals surface area contributed by atoms with Crippen molar-refractivity contribution in [2.75, 3.05) is 0 Å². The Hall–Kier alpha value is -2.62. The number of phenolic OH excluding ortho intramolecular Hbond substituents is 1. The predicted molar refractivity (Wildman–Crippen MR) is 83.2 cm³/mol. The number of phenols is 1. The fourth-order valence-corrected chi connectivity index (χ4v) is 2.49. The van der Waals surface area contributed by atoms with E-state index in [1.54, 1.807) is 6.07 Å². The Balaban J connectivity index is 1.78. The molecular formula is C17H16N2O2. The number of rotatable bonds is 3. The predicted octanol–water partition coefficient (Wildman–Crippen LogP) is 2.96. The monoisotopic (exact) mass is 280 g/mol. The molecule has 0 bridgehead atoms. The lowest BCUT2D eigenvalue weighted by molar-refractivity contribution is -0.126. The number of hydrogen-bond acceptors (Lipinski definition) is 3. The second-order valence-corrected chi connectivity index (χ2v) is 5.31. The highest BCUT2D eigenvalue weighted by atomic mass is 16.3. The number of hydrogen-bond donors (Lipinski definition) is 2. The minimum Gasteiger partial charge on any atom is -0.507 e. The van der Waals surface area contributed by atoms with Crippen LogP contribution >= 0.6 is 0 Å². The standard InChI is InChI=1S/C17H16N2O2/c1-11-8-13(9-11)17(21)19-18-10-15-14-5-3-2-4-12(14)6-7-16(15)20/h2-7,10,13,20H,1,8-9H2,(H,19,21)/b18-10-. The summed E-state index contributed by atoms with van der Waals surface area (Å²) in [5, 5.41) is 15.8. The molecule has 0 atom stereocenters. The summed E-state index contributed by atoms with van der Waals surface area (Å²) in [5.41, 5.74) is 4.23. The van der Waals surface area contributed by atoms with E-state index in [0.717, 1.165) is 29.2 Å². The Labute approximate surface area is 122 Å². The third-order valence-corrected chi connectivity index (χ3v) is 3.76. The third kappa shape index (κ3) is 2.65. The van der Waals surface area contributed by atoms with Gasteiger partial charge in [0.1, 0.15) is 5.75 Å². The first kappa shape index (κ1) is 13.4. The van der Waals surface area contributed by atoms with Crippen LogP contribution in [-0.4, -0.2) is 17.2 Å². The van der Waals surface area contributed by atoms with Crippen molar-refractivity contribution in [3.8, 4) is 5.75 Å². The Kier molecular flexibility index (Phi) is 3.44. The topological polar surface area (TPSA) is 61.7 Å². The molecule has 0 aromatic heterocycles. The van der Waals surface area contributed by atoms with Gasteiger partial charge in [0.2, 0.25) is 5.91 Å². The van der Waals surface area contributed by atoms with E-state index >= 15 is 0 Å². The molecular weight excluding hydrogens is 264 g/mol. The van der Waals surface area contributed by atoms with Crippen LogP contribution in [0.2, 0.25) is 0 Å². The van der Waals surface area contributed by atoms with Crippen molar-refractivity contribution in [3.63, 3.8) is 0 Å². The van der Waals surface area contributed by atoms with Crippen molar-refractivity contribution in [2.45, 2.75) is 12.8 Å². The molecule has 0 aliphatic heterocycles. The maximum Gasteiger partial charge on any atom is 0.243 e. The zero-order valence-corrected chi connectivity index (χ0v) is 11.5. The molecule has 4 heteroatoms. The van der Waals surface area contributed by atoms with Gasteiger partial charge in [0.05, 0.1) is 6.21 Å². The molecule has 1 saturated carbocycles. The fourth-order valence-electron chi connectivity index (χ4n) is 2.49. The molecule has 2 aromatic carbocycles. The molecule has 0 heterocycles. The van der Waals surface area contributed by atoms with Gasteiger partial charge in [-0.05, 0) is 29.7 Å². The zero-order chi connectivity index (χ0) is 14.8. The highest BCUT2D eigenvalue weighted by Gasteiger charge is 2.28. The molecule has 0 radical (unpaired) electrons. The van der Waals surface area contributed by atoms with Gasteiger partial charge >= 0.3 is 0 Å². The van der Waals surface area contributed by atoms with Crippen LogP contribution in [0, 0.1) is 5.92 Å². The van der Waals surface area contributed by atoms with Gasteiger partial charge in [0, 0.05) is 11.5 Å². The third-order valence-electron chi connectivity index (χ3n) is 3.76. The van der Waals surface area contributed by atoms with Gasteiger partial charge in [-0.2, -0.15) is 5.10 Å². The first-order valence-electron chi connectivity index (χ1n) is 6.85. The second-order valence-electron chi connectivity index (χ2n) is 5.31. The van der Waals surface area contributed by atoms with E-state index in [4.69, 9.17) is 0 Å². The molecule has 1 aliphatic rings. The number of nitrogens with zero attached hydrogens (tertiary/aromatic N) is 1. The molecule has 0 spiro atoms. The smallest absolute Gasteiger partial charge is 0.243 e. The average molecular weight is 280 g/mol. The van der Waals surface area contributed by atoms with E-state index < -0.39 is 0 Å². The number of carbonyl (C=O) groups is 1. The van der Waals surface area contributed by atoms with Crippen molar-refractivity contribution in [1.29, 1.82) is 0 Å². The first-order valence-corrected chi connectivity index (χ1v) is 6.85. The minimum absolute atomic E-state index is 0.0178. The summed E-state index contributed by atoms with van der Waals surface area (Å²) in [5.74, 6) is 0.0258. The number of carbonyl (C=O) groups excluding carboxylic acids is 1. The molecule has 0 unspecified atom stereocenters. The van der Waals surface area contributed by atoms with Gasteiger partial charge in [-0.1, -0.05) is 42.5 Å². The Bertz CT molecular complexity index is 742. The van der Waals surface area contributed by atoms with Crippen LogP contribution < -0.4 is 5.43 Å². The highest BCUT2D eigenvalue weighted by molar-refractivity contribution is 6.02. The summed E-state index contributed by atoms with van der Waals surface area (Å²) in [6.45, 7) is 3.82. The normalized spacial score (nSPS) is 15.3. The Morgan fingerprint density at radius 3 is 2.81 bits per heavy atom. The van der Waals surface area contributed by atoms with Crippen molar-refractivity contribution in [1.82, 2.24) is 5.43 Å². The molecule has 106 valence electrons. The van der Waals surface area contributed by atoms with E-state index in [9.17, 15) is 9.90 Å². The van der Waals surface area contributed by atoms with Crippen LogP contribution in [0.15, 0.2) is 53.7 Å². The van der Waals surface area contributed by atoms with Gasteiger partial charge in [0.25, 0.3) is 0 Å². The maximum atomic E-state index is 11.8. The number of aromatic hydroxyl groups is 1. The van der Waals surface area contributed by atoms with Gasteiger partial charge in [0.15, 0.2) is 0 Å². The average Bonchev–Trinajstić information content (AvgIpc) is 2.46. The number of hydrazone groups is 1. The zero-order valence-electron chi connectivity index (χ0n) is 11.5. The van der Waals surface area contributed by atoms with Crippen LogP contribution in [0.3, 0.4) is 0 Å². The SMILES string of the molecule is C=C1CC(C(=O)N/N=C\c2c(O)ccc3ccccc23)C1. The summed E-state index contributed by atoms with van der Waals surface area (Å²) in [6, 6.07) is 11.2. The molecule has 21 heavy (non-hydrogen) atoms. The molecule has 2 aromatic rings. The molecule has 3 rings (SSSR count). The molecule has 0 saturated heterocycles. The first-order chi connectivity index (χ1) is 10.1. The van der Waals surface area contributed by atoms with Gasteiger partial charge < -0.3 is 5.11 Å². The number of allylic oxidation sites excluding steroid dienone is 1. The molecule has 1 fully saturated rings. The fraction of sp³-hybridized carbons (Fsp3) is 0.176. The van der Waals surface area contributed by atoms with Gasteiger partial charge in [-0.25, -0.2) is 5.43 Å². The van der Waals surface area contributed by atoms with Crippen molar-refractivity contribution < 1.29 is 9.90 Å². The quantitative estimate of drug-likeness (QED) is 0.516. The second kappa shape index (κ2) is 5.40. The van der Waals surface area contributed by atoms with E-state index in [1.807, 2.05) is 30.3 Å². The summed E-state index contributed by atoms with van der Waals surface area (Å²) in [6.07, 6.45) is 2.96. The van der Waals surface area contributed by atoms with Gasteiger partial charge in [-0.15, -0.1) is 0 Å². The van der Waals surface area contributed by atoms with E-state index in [1.165, 1.54) is 6.21 Å². The number of amides is 1. The van der Waals surface area contributed by atoms with E-state index in [-0.39, 0.29) is 17.6 Å². The molecule has 1 amide bonds. The van der Waals surface area contributed by atoms with E-state index in [2.05, 4.69) is 17.1 Å². The lowest BCUT2D eigenvalue weighted by atomic mass is 9.81. The van der Waals surface area contributed by atoms with Crippen LogP contribution in [0.1, 0.15) is 18.4 Å². The van der Waals surface area contributed by atoms with Crippen LogP contribution in [-0.2, 0) is 4.79 Å². The van der Waals surface area contributed by atoms with Crippen molar-refractivity contribution >= 4 is 22.9 Å². The Morgan fingerprint density at radius 1 is 1.29 bits per heavy atom. The van der Waals surface area contributed by atoms with E-state index in [0.29, 0.717) is 5.56 Å². The molecule has 4 nitrogen and oxygen atoms in total. The van der Waals surface area contributed by atoms with Crippen molar-refractivity contribution in [3.05, 3.63) is 54.1 Å². The number of fused-ring (bicyclic) bond motifs is 1. The number of benzene rings is 2. The van der Waals surface area contributed by atoms with Gasteiger partial charge in [-0.3, -0.25) is 4.79 Å². The summed E-state index contributed by atoms with van der Waals surface area (Å²) >= 11 is 0. The maximum absolute atomic E-state index is 11.8. The summed E-state index contributed by atoms with van der Waals surface area (Å²) < 4.78 is 0. The lowest BCUT2D eigenvalue weighted by Gasteiger charge is -2.25. The van der Waals surface area contributed by atoms with Crippen molar-refractivity contribution in [2.24, 2.45) is 11.0 Å². The highest BCUT2D eigenvalue weighted by Crippen LogP contribution is 2.31. The van der Waals surface area contributed by atoms with Crippen LogP contribution in [0.25, 0.3) is 10.8 Å². The molecule has 2 N–H and O–H groups in total. The molecule has 1 aliphatic carbocycles. The van der Waals surface area contributed by atoms with Crippen LogP contribution in [0.5, 0.6) is 5.75 Å². The minimum atomic E-state index is -0.0987. The number of nitrogens with one attached hydrogen (secondary N) is 1. The Morgan fingerprint density at radius 2 is 2.05 bits per heavy atom. The summed E-state index contributed by atoms with van der Waals surface area (Å²) in [4.78, 5) is 11.8.